The summed E-state index contributed by atoms with van der Waals surface area (Å²) in [6.07, 6.45) is 1.32. The molecule has 2 aliphatic rings. The maximum absolute atomic E-state index is 12.2. The third-order valence-corrected chi connectivity index (χ3v) is 3.86. The number of aliphatic hydroxyl groups is 1. The largest absolute Gasteiger partial charge is 0.480 e. The van der Waals surface area contributed by atoms with Gasteiger partial charge in [-0.1, -0.05) is 6.92 Å². The number of piperidine rings is 1. The maximum atomic E-state index is 12.2. The standard InChI is InChI=1S/C12H20N2O4/c1-8-2-4-13(5-3-8)12(18)14-7-9(15)6-10(14)11(16)17/h8-10,15H,2-7H2,1H3,(H,16,17). The van der Waals surface area contributed by atoms with Crippen molar-refractivity contribution in [2.45, 2.75) is 38.3 Å². The van der Waals surface area contributed by atoms with Gasteiger partial charge in [0.2, 0.25) is 0 Å². The number of amides is 2. The highest BCUT2D eigenvalue weighted by Crippen LogP contribution is 2.23. The lowest BCUT2D eigenvalue weighted by atomic mass is 9.99. The monoisotopic (exact) mass is 256 g/mol. The molecule has 18 heavy (non-hydrogen) atoms. The average molecular weight is 256 g/mol. The minimum absolute atomic E-state index is 0.127. The molecule has 2 atom stereocenters. The molecule has 0 aliphatic carbocycles. The summed E-state index contributed by atoms with van der Waals surface area (Å²) in [4.78, 5) is 26.3. The van der Waals surface area contributed by atoms with Gasteiger partial charge in [-0.15, -0.1) is 0 Å². The Morgan fingerprint density at radius 2 is 1.83 bits per heavy atom. The smallest absolute Gasteiger partial charge is 0.326 e. The minimum atomic E-state index is -1.04. The van der Waals surface area contributed by atoms with Gasteiger partial charge in [0, 0.05) is 26.1 Å². The molecule has 0 radical (unpaired) electrons. The zero-order valence-electron chi connectivity index (χ0n) is 10.6. The van der Waals surface area contributed by atoms with E-state index in [0.717, 1.165) is 12.8 Å². The van der Waals surface area contributed by atoms with E-state index in [1.54, 1.807) is 4.90 Å². The molecular formula is C12H20N2O4. The van der Waals surface area contributed by atoms with Gasteiger partial charge >= 0.3 is 12.0 Å². The van der Waals surface area contributed by atoms with Gasteiger partial charge in [0.15, 0.2) is 0 Å². The molecular weight excluding hydrogens is 236 g/mol. The zero-order valence-corrected chi connectivity index (χ0v) is 10.6. The molecule has 0 aromatic rings. The predicted molar refractivity (Wildman–Crippen MR) is 64.1 cm³/mol. The van der Waals surface area contributed by atoms with Gasteiger partial charge in [0.05, 0.1) is 6.10 Å². The number of carbonyl (C=O) groups excluding carboxylic acids is 1. The molecule has 2 aliphatic heterocycles. The number of likely N-dealkylation sites (tertiary alicyclic amines) is 2. The fourth-order valence-electron chi connectivity index (χ4n) is 2.64. The van der Waals surface area contributed by atoms with Crippen LogP contribution in [0.3, 0.4) is 0 Å². The Balaban J connectivity index is 2.01. The lowest BCUT2D eigenvalue weighted by Gasteiger charge is -2.34. The number of hydrogen-bond acceptors (Lipinski definition) is 3. The predicted octanol–water partition coefficient (Wildman–Crippen LogP) is 0.358. The summed E-state index contributed by atoms with van der Waals surface area (Å²) in [6.45, 7) is 3.64. The van der Waals surface area contributed by atoms with Crippen molar-refractivity contribution in [2.24, 2.45) is 5.92 Å². The maximum Gasteiger partial charge on any atom is 0.326 e. The number of aliphatic hydroxyl groups excluding tert-OH is 1. The summed E-state index contributed by atoms with van der Waals surface area (Å²) < 4.78 is 0. The number of urea groups is 1. The number of nitrogens with zero attached hydrogens (tertiary/aromatic N) is 2. The van der Waals surface area contributed by atoms with E-state index >= 15 is 0 Å². The van der Waals surface area contributed by atoms with Crippen LogP contribution in [0.15, 0.2) is 0 Å². The van der Waals surface area contributed by atoms with Crippen LogP contribution in [0.1, 0.15) is 26.2 Å². The van der Waals surface area contributed by atoms with E-state index in [-0.39, 0.29) is 19.0 Å². The molecule has 2 heterocycles. The molecule has 2 unspecified atom stereocenters. The molecule has 102 valence electrons. The van der Waals surface area contributed by atoms with Crippen LogP contribution in [0, 0.1) is 5.92 Å². The number of rotatable bonds is 1. The van der Waals surface area contributed by atoms with Crippen LogP contribution in [-0.4, -0.2) is 63.8 Å². The highest BCUT2D eigenvalue weighted by Gasteiger charge is 2.40. The lowest BCUT2D eigenvalue weighted by molar-refractivity contribution is -0.141. The molecule has 2 fully saturated rings. The Morgan fingerprint density at radius 3 is 2.39 bits per heavy atom. The van der Waals surface area contributed by atoms with Crippen LogP contribution >= 0.6 is 0 Å². The first-order valence-electron chi connectivity index (χ1n) is 6.45. The number of carboxylic acids is 1. The molecule has 0 bridgehead atoms. The van der Waals surface area contributed by atoms with Crippen LogP contribution in [0.25, 0.3) is 0 Å². The van der Waals surface area contributed by atoms with E-state index in [0.29, 0.717) is 19.0 Å². The van der Waals surface area contributed by atoms with Gasteiger partial charge in [0.25, 0.3) is 0 Å². The topological polar surface area (TPSA) is 81.1 Å². The van der Waals surface area contributed by atoms with E-state index < -0.39 is 18.1 Å². The van der Waals surface area contributed by atoms with Gasteiger partial charge in [-0.25, -0.2) is 9.59 Å². The molecule has 0 aromatic carbocycles. The quantitative estimate of drug-likeness (QED) is 0.709. The summed E-state index contributed by atoms with van der Waals surface area (Å²) in [5, 5.41) is 18.6. The van der Waals surface area contributed by atoms with Crippen LogP contribution in [0.5, 0.6) is 0 Å². The molecule has 0 spiro atoms. The second-order valence-corrected chi connectivity index (χ2v) is 5.35. The third-order valence-electron chi connectivity index (χ3n) is 3.86. The molecule has 0 aromatic heterocycles. The molecule has 2 amide bonds. The van der Waals surface area contributed by atoms with E-state index in [2.05, 4.69) is 6.92 Å². The van der Waals surface area contributed by atoms with Crippen LogP contribution in [-0.2, 0) is 4.79 Å². The summed E-state index contributed by atoms with van der Waals surface area (Å²) >= 11 is 0. The number of β-amino-alcohol motifs (C(OH)–C–C–N with tert-alkyl or cyclic N) is 1. The first-order chi connectivity index (χ1) is 8.49. The zero-order chi connectivity index (χ0) is 13.3. The van der Waals surface area contributed by atoms with Gasteiger partial charge in [-0.3, -0.25) is 0 Å². The molecule has 6 heteroatoms. The average Bonchev–Trinajstić information content (AvgIpc) is 2.71. The number of carboxylic acid groups (broad SMARTS) is 1. The van der Waals surface area contributed by atoms with Crippen LogP contribution < -0.4 is 0 Å². The molecule has 2 saturated heterocycles. The van der Waals surface area contributed by atoms with Crippen molar-refractivity contribution in [3.05, 3.63) is 0 Å². The van der Waals surface area contributed by atoms with Crippen molar-refractivity contribution in [1.29, 1.82) is 0 Å². The van der Waals surface area contributed by atoms with E-state index in [4.69, 9.17) is 5.11 Å². The number of hydrogen-bond donors (Lipinski definition) is 2. The summed E-state index contributed by atoms with van der Waals surface area (Å²) in [5.74, 6) is -0.418. The highest BCUT2D eigenvalue weighted by molar-refractivity contribution is 5.83. The van der Waals surface area contributed by atoms with E-state index in [9.17, 15) is 14.7 Å². The first kappa shape index (κ1) is 13.1. The van der Waals surface area contributed by atoms with Gasteiger partial charge in [-0.05, 0) is 18.8 Å². The van der Waals surface area contributed by atoms with E-state index in [1.807, 2.05) is 0 Å². The molecule has 2 rings (SSSR count). The number of aliphatic carboxylic acids is 1. The Hall–Kier alpha value is -1.30. The van der Waals surface area contributed by atoms with Crippen LogP contribution in [0.2, 0.25) is 0 Å². The Labute approximate surface area is 106 Å². The highest BCUT2D eigenvalue weighted by atomic mass is 16.4. The van der Waals surface area contributed by atoms with Crippen LogP contribution in [0.4, 0.5) is 4.79 Å². The minimum Gasteiger partial charge on any atom is -0.480 e. The Kier molecular flexibility index (Phi) is 3.75. The first-order valence-corrected chi connectivity index (χ1v) is 6.45. The van der Waals surface area contributed by atoms with Crippen molar-refractivity contribution in [3.8, 4) is 0 Å². The molecule has 2 N–H and O–H groups in total. The number of carbonyl (C=O) groups is 2. The summed E-state index contributed by atoms with van der Waals surface area (Å²) in [7, 11) is 0. The van der Waals surface area contributed by atoms with Crippen molar-refractivity contribution in [2.75, 3.05) is 19.6 Å². The Bertz CT molecular complexity index is 339. The van der Waals surface area contributed by atoms with Crippen molar-refractivity contribution in [1.82, 2.24) is 9.80 Å². The fraction of sp³-hybridized carbons (Fsp3) is 0.833. The van der Waals surface area contributed by atoms with Crippen molar-refractivity contribution >= 4 is 12.0 Å². The summed E-state index contributed by atoms with van der Waals surface area (Å²) in [5.41, 5.74) is 0. The third kappa shape index (κ3) is 2.58. The van der Waals surface area contributed by atoms with Gasteiger partial charge in [-0.2, -0.15) is 0 Å². The summed E-state index contributed by atoms with van der Waals surface area (Å²) in [6, 6.07) is -1.13. The SMILES string of the molecule is CC1CCN(C(=O)N2CC(O)CC2C(=O)O)CC1. The van der Waals surface area contributed by atoms with Crippen molar-refractivity contribution in [3.63, 3.8) is 0 Å². The second-order valence-electron chi connectivity index (χ2n) is 5.35. The van der Waals surface area contributed by atoms with Gasteiger partial charge in [0.1, 0.15) is 6.04 Å². The second kappa shape index (κ2) is 5.14. The normalized spacial score (nSPS) is 29.7. The van der Waals surface area contributed by atoms with Crippen molar-refractivity contribution < 1.29 is 19.8 Å². The molecule has 6 nitrogen and oxygen atoms in total. The van der Waals surface area contributed by atoms with E-state index in [1.165, 1.54) is 4.90 Å². The fourth-order valence-corrected chi connectivity index (χ4v) is 2.64. The lowest BCUT2D eigenvalue weighted by Crippen LogP contribution is -2.50. The Morgan fingerprint density at radius 1 is 1.22 bits per heavy atom. The molecule has 0 saturated carbocycles. The van der Waals surface area contributed by atoms with Gasteiger partial charge < -0.3 is 20.0 Å².